The summed E-state index contributed by atoms with van der Waals surface area (Å²) in [6, 6.07) is 0. The Bertz CT molecular complexity index is 484. The molecular weight excluding hydrogens is 324 g/mol. The lowest BCUT2D eigenvalue weighted by Gasteiger charge is -2.49. The summed E-state index contributed by atoms with van der Waals surface area (Å²) in [4.78, 5) is 0. The highest BCUT2D eigenvalue weighted by Gasteiger charge is 2.50. The van der Waals surface area contributed by atoms with Crippen LogP contribution in [0.3, 0.4) is 0 Å². The second kappa shape index (κ2) is 7.36. The second-order valence-corrected chi connectivity index (χ2v) is 12.7. The van der Waals surface area contributed by atoms with Gasteiger partial charge in [-0.15, -0.1) is 0 Å². The first kappa shape index (κ1) is 20.3. The summed E-state index contributed by atoms with van der Waals surface area (Å²) in [7, 11) is 0. The molecule has 0 spiro atoms. The Morgan fingerprint density at radius 1 is 0.370 bits per heavy atom. The standard InChI is InChI=1S/C27H48/c1-24(14-6-5-7-15-24)26(3)18-10-22-12-20-27(4,21-13-23(22)11-19-26)25(2)16-8-9-17-25/h22-23H,5-21H2,1-4H3. The highest BCUT2D eigenvalue weighted by atomic mass is 14.5. The fourth-order valence-electron chi connectivity index (χ4n) is 8.40. The average Bonchev–Trinajstić information content (AvgIpc) is 2.94. The van der Waals surface area contributed by atoms with Crippen LogP contribution in [-0.2, 0) is 0 Å². The summed E-state index contributed by atoms with van der Waals surface area (Å²) < 4.78 is 0. The zero-order valence-corrected chi connectivity index (χ0v) is 19.2. The van der Waals surface area contributed by atoms with Crippen LogP contribution >= 0.6 is 0 Å². The van der Waals surface area contributed by atoms with Crippen molar-refractivity contribution in [3.8, 4) is 0 Å². The van der Waals surface area contributed by atoms with Crippen LogP contribution in [0.5, 0.6) is 0 Å². The van der Waals surface area contributed by atoms with E-state index in [9.17, 15) is 0 Å². The van der Waals surface area contributed by atoms with Gasteiger partial charge >= 0.3 is 0 Å². The zero-order valence-electron chi connectivity index (χ0n) is 19.2. The first-order valence-electron chi connectivity index (χ1n) is 12.8. The molecule has 156 valence electrons. The van der Waals surface area contributed by atoms with E-state index in [0.29, 0.717) is 21.7 Å². The van der Waals surface area contributed by atoms with Crippen molar-refractivity contribution in [1.82, 2.24) is 0 Å². The first-order valence-corrected chi connectivity index (χ1v) is 12.8. The number of hydrogen-bond acceptors (Lipinski definition) is 0. The Morgan fingerprint density at radius 3 is 0.963 bits per heavy atom. The van der Waals surface area contributed by atoms with Crippen LogP contribution < -0.4 is 0 Å². The summed E-state index contributed by atoms with van der Waals surface area (Å²) >= 11 is 0. The molecular formula is C27H48. The van der Waals surface area contributed by atoms with Crippen molar-refractivity contribution in [2.24, 2.45) is 33.5 Å². The maximum atomic E-state index is 2.70. The fourth-order valence-corrected chi connectivity index (χ4v) is 8.40. The minimum Gasteiger partial charge on any atom is -0.0591 e. The van der Waals surface area contributed by atoms with Crippen molar-refractivity contribution in [3.63, 3.8) is 0 Å². The van der Waals surface area contributed by atoms with Crippen LogP contribution in [-0.4, -0.2) is 0 Å². The Hall–Kier alpha value is 0. The largest absolute Gasteiger partial charge is 0.0591 e. The van der Waals surface area contributed by atoms with Crippen molar-refractivity contribution in [3.05, 3.63) is 0 Å². The van der Waals surface area contributed by atoms with E-state index in [1.54, 1.807) is 25.7 Å². The van der Waals surface area contributed by atoms with Gasteiger partial charge in [-0.1, -0.05) is 59.8 Å². The van der Waals surface area contributed by atoms with Gasteiger partial charge in [-0.3, -0.25) is 0 Å². The van der Waals surface area contributed by atoms with E-state index in [1.807, 2.05) is 0 Å². The molecule has 0 aromatic heterocycles. The molecule has 4 aliphatic carbocycles. The fraction of sp³-hybridized carbons (Fsp3) is 1.00. The van der Waals surface area contributed by atoms with Gasteiger partial charge in [0.25, 0.3) is 0 Å². The summed E-state index contributed by atoms with van der Waals surface area (Å²) in [6.07, 6.45) is 25.8. The molecule has 4 rings (SSSR count). The molecule has 2 unspecified atom stereocenters. The van der Waals surface area contributed by atoms with Gasteiger partial charge in [0.05, 0.1) is 0 Å². The van der Waals surface area contributed by atoms with Gasteiger partial charge in [0.1, 0.15) is 0 Å². The van der Waals surface area contributed by atoms with Crippen molar-refractivity contribution in [2.45, 2.75) is 137 Å². The van der Waals surface area contributed by atoms with Crippen LogP contribution in [0.1, 0.15) is 137 Å². The van der Waals surface area contributed by atoms with Gasteiger partial charge < -0.3 is 0 Å². The summed E-state index contributed by atoms with van der Waals surface area (Å²) in [5.41, 5.74) is 2.55. The Labute approximate surface area is 170 Å². The summed E-state index contributed by atoms with van der Waals surface area (Å²) in [5, 5.41) is 0. The third-order valence-corrected chi connectivity index (χ3v) is 11.5. The predicted octanol–water partition coefficient (Wildman–Crippen LogP) is 8.93. The molecule has 0 aromatic carbocycles. The molecule has 4 aliphatic rings. The Morgan fingerprint density at radius 2 is 0.630 bits per heavy atom. The molecule has 0 aliphatic heterocycles. The van der Waals surface area contributed by atoms with Crippen LogP contribution in [0.15, 0.2) is 0 Å². The highest BCUT2D eigenvalue weighted by Crippen LogP contribution is 2.61. The quantitative estimate of drug-likeness (QED) is 0.454. The molecule has 0 heterocycles. The molecule has 0 radical (unpaired) electrons. The normalized spacial score (nSPS) is 44.9. The van der Waals surface area contributed by atoms with E-state index in [1.165, 1.54) is 83.5 Å². The molecule has 27 heavy (non-hydrogen) atoms. The topological polar surface area (TPSA) is 0 Å². The average molecular weight is 373 g/mol. The van der Waals surface area contributed by atoms with E-state index in [0.717, 1.165) is 11.8 Å². The van der Waals surface area contributed by atoms with Crippen molar-refractivity contribution in [1.29, 1.82) is 0 Å². The van der Waals surface area contributed by atoms with E-state index >= 15 is 0 Å². The molecule has 0 N–H and O–H groups in total. The van der Waals surface area contributed by atoms with E-state index in [-0.39, 0.29) is 0 Å². The maximum absolute atomic E-state index is 2.70. The van der Waals surface area contributed by atoms with Gasteiger partial charge in [0, 0.05) is 0 Å². The SMILES string of the molecule is CC1(C2(C)CCC3CCC(C)(C4(C)CCCC4)CCC3CC2)CCCCC1. The van der Waals surface area contributed by atoms with Crippen LogP contribution in [0.25, 0.3) is 0 Å². The minimum atomic E-state index is 0.625. The van der Waals surface area contributed by atoms with Gasteiger partial charge in [0.15, 0.2) is 0 Å². The van der Waals surface area contributed by atoms with Gasteiger partial charge in [-0.05, 0) is 111 Å². The Kier molecular flexibility index (Phi) is 5.53. The van der Waals surface area contributed by atoms with Gasteiger partial charge in [0.2, 0.25) is 0 Å². The third-order valence-electron chi connectivity index (χ3n) is 11.5. The molecule has 0 amide bonds. The predicted molar refractivity (Wildman–Crippen MR) is 118 cm³/mol. The molecule has 4 saturated carbocycles. The monoisotopic (exact) mass is 372 g/mol. The lowest BCUT2D eigenvalue weighted by atomic mass is 9.56. The minimum absolute atomic E-state index is 0.625. The second-order valence-electron chi connectivity index (χ2n) is 12.7. The van der Waals surface area contributed by atoms with Crippen molar-refractivity contribution < 1.29 is 0 Å². The molecule has 0 heteroatoms. The smallest absolute Gasteiger partial charge is 0.0272 e. The molecule has 0 bridgehead atoms. The van der Waals surface area contributed by atoms with E-state index < -0.39 is 0 Å². The number of hydrogen-bond donors (Lipinski definition) is 0. The van der Waals surface area contributed by atoms with Crippen LogP contribution in [0.4, 0.5) is 0 Å². The molecule has 0 saturated heterocycles. The van der Waals surface area contributed by atoms with Crippen molar-refractivity contribution >= 4 is 0 Å². The van der Waals surface area contributed by atoms with Crippen molar-refractivity contribution in [2.75, 3.05) is 0 Å². The highest BCUT2D eigenvalue weighted by molar-refractivity contribution is 5.01. The number of fused-ring (bicyclic) bond motifs is 1. The molecule has 2 atom stereocenters. The number of rotatable bonds is 2. The van der Waals surface area contributed by atoms with E-state index in [4.69, 9.17) is 0 Å². The maximum Gasteiger partial charge on any atom is -0.0272 e. The molecule has 0 nitrogen and oxygen atoms in total. The lowest BCUT2D eigenvalue weighted by Crippen LogP contribution is -2.39. The Balaban J connectivity index is 1.44. The summed E-state index contributed by atoms with van der Waals surface area (Å²) in [5.74, 6) is 2.09. The van der Waals surface area contributed by atoms with Gasteiger partial charge in [-0.25, -0.2) is 0 Å². The lowest BCUT2D eigenvalue weighted by molar-refractivity contribution is 0.0112. The van der Waals surface area contributed by atoms with Crippen LogP contribution in [0, 0.1) is 33.5 Å². The zero-order chi connectivity index (χ0) is 19.2. The van der Waals surface area contributed by atoms with Gasteiger partial charge in [-0.2, -0.15) is 0 Å². The summed E-state index contributed by atoms with van der Waals surface area (Å²) in [6.45, 7) is 10.7. The van der Waals surface area contributed by atoms with Crippen LogP contribution in [0.2, 0.25) is 0 Å². The third kappa shape index (κ3) is 3.54. The first-order chi connectivity index (χ1) is 12.8. The van der Waals surface area contributed by atoms with E-state index in [2.05, 4.69) is 27.7 Å². The molecule has 0 aromatic rings. The molecule has 4 fully saturated rings.